The van der Waals surface area contributed by atoms with Crippen LogP contribution < -0.4 is 0 Å². The molecule has 32 valence electrons. The standard InChI is InChI=1S/2CH2N2/c2*2-1-3/h2*2-3H. The quantitative estimate of drug-likeness (QED) is 0.310. The molecule has 0 aliphatic heterocycles. The van der Waals surface area contributed by atoms with Crippen molar-refractivity contribution in [2.45, 2.75) is 0 Å². The molecule has 0 aromatic rings. The van der Waals surface area contributed by atoms with Gasteiger partial charge in [0.25, 0.3) is 0 Å². The Hall–Kier alpha value is -1.24. The zero-order valence-electron chi connectivity index (χ0n) is 3.00. The van der Waals surface area contributed by atoms with Crippen molar-refractivity contribution in [2.75, 3.05) is 0 Å². The number of nitrogens with one attached hydrogen (secondary N) is 4. The molecule has 4 nitrogen and oxygen atoms in total. The van der Waals surface area contributed by atoms with Crippen LogP contribution in [0.3, 0.4) is 0 Å². The highest BCUT2D eigenvalue weighted by atomic mass is 14.4. The fourth-order valence-electron chi connectivity index (χ4n) is 0. The first-order valence-electron chi connectivity index (χ1n) is 1.00. The Morgan fingerprint density at radius 1 is 0.667 bits per heavy atom. The van der Waals surface area contributed by atoms with Gasteiger partial charge in [-0.3, -0.25) is 0 Å². The van der Waals surface area contributed by atoms with Gasteiger partial charge in [-0.2, -0.15) is 0 Å². The van der Waals surface area contributed by atoms with Gasteiger partial charge in [-0.1, -0.05) is 0 Å². The molecule has 0 radical (unpaired) electrons. The Balaban J connectivity index is 0. The van der Waals surface area contributed by atoms with E-state index in [9.17, 15) is 0 Å². The molecule has 0 aromatic carbocycles. The maximum absolute atomic E-state index is 5.62. The lowest BCUT2D eigenvalue weighted by molar-refractivity contribution is 1.47. The molecule has 4 N–H and O–H groups in total. The lowest BCUT2D eigenvalue weighted by Crippen LogP contribution is -1.11. The van der Waals surface area contributed by atoms with Gasteiger partial charge in [0.05, 0.1) is 12.0 Å². The zero-order valence-corrected chi connectivity index (χ0v) is 3.00. The van der Waals surface area contributed by atoms with Gasteiger partial charge in [0.15, 0.2) is 0 Å². The van der Waals surface area contributed by atoms with E-state index in [1.54, 1.807) is 0 Å². The molecule has 0 aliphatic carbocycles. The Morgan fingerprint density at radius 3 is 0.667 bits per heavy atom. The van der Waals surface area contributed by atoms with Crippen LogP contribution in [0, 0.1) is 21.6 Å². The van der Waals surface area contributed by atoms with Crippen LogP contribution in [0.25, 0.3) is 0 Å². The molecule has 0 saturated heterocycles. The van der Waals surface area contributed by atoms with Crippen molar-refractivity contribution in [2.24, 2.45) is 0 Å². The third-order valence-electron chi connectivity index (χ3n) is 0. The second kappa shape index (κ2) is 49.6. The fraction of sp³-hybridized carbons (Fsp3) is 0. The van der Waals surface area contributed by atoms with Crippen LogP contribution in [-0.2, 0) is 0 Å². The van der Waals surface area contributed by atoms with Crippen molar-refractivity contribution in [3.63, 3.8) is 0 Å². The molecule has 0 spiro atoms. The van der Waals surface area contributed by atoms with Gasteiger partial charge in [-0.15, -0.1) is 0 Å². The summed E-state index contributed by atoms with van der Waals surface area (Å²) >= 11 is 0. The van der Waals surface area contributed by atoms with Gasteiger partial charge < -0.3 is 0 Å². The van der Waals surface area contributed by atoms with Gasteiger partial charge in [0.2, 0.25) is 0 Å². The van der Waals surface area contributed by atoms with E-state index < -0.39 is 0 Å². The number of rotatable bonds is 0. The summed E-state index contributed by atoms with van der Waals surface area (Å²) in [5, 5.41) is 22.5. The van der Waals surface area contributed by atoms with E-state index in [0.29, 0.717) is 0 Å². The van der Waals surface area contributed by atoms with Crippen molar-refractivity contribution >= 4 is 12.0 Å². The van der Waals surface area contributed by atoms with Crippen LogP contribution in [0.2, 0.25) is 0 Å². The van der Waals surface area contributed by atoms with Gasteiger partial charge in [0, 0.05) is 0 Å². The molecule has 0 saturated carbocycles. The maximum atomic E-state index is 5.62. The highest BCUT2D eigenvalue weighted by Crippen LogP contribution is 0.923. The van der Waals surface area contributed by atoms with Crippen LogP contribution >= 0.6 is 0 Å². The fourth-order valence-corrected chi connectivity index (χ4v) is 0. The first-order chi connectivity index (χ1) is 2.83. The van der Waals surface area contributed by atoms with Crippen molar-refractivity contribution < 1.29 is 0 Å². The second-order valence-electron chi connectivity index (χ2n) is 0.250. The largest absolute Gasteiger partial charge is 0.242 e. The van der Waals surface area contributed by atoms with E-state index in [4.69, 9.17) is 21.6 Å². The highest BCUT2D eigenvalue weighted by molar-refractivity contribution is 5.29. The van der Waals surface area contributed by atoms with Crippen LogP contribution in [0.4, 0.5) is 0 Å². The average Bonchev–Trinajstić information content (AvgIpc) is 1.39. The molecule has 0 atom stereocenters. The molecule has 0 unspecified atom stereocenters. The zero-order chi connectivity index (χ0) is 5.41. The predicted molar refractivity (Wildman–Crippen MR) is 20.9 cm³/mol. The van der Waals surface area contributed by atoms with Crippen molar-refractivity contribution in [3.05, 3.63) is 0 Å². The van der Waals surface area contributed by atoms with E-state index in [-0.39, 0.29) is 0 Å². The minimum absolute atomic E-state index is 1.25. The minimum Gasteiger partial charge on any atom is -0.242 e. The van der Waals surface area contributed by atoms with E-state index >= 15 is 0 Å². The van der Waals surface area contributed by atoms with E-state index in [1.807, 2.05) is 0 Å². The Bertz CT molecular complexity index is 59.5. The third kappa shape index (κ3) is 5.56. The van der Waals surface area contributed by atoms with Gasteiger partial charge in [-0.25, -0.2) is 21.6 Å². The molecule has 0 amide bonds. The van der Waals surface area contributed by atoms with E-state index in [1.165, 1.54) is 12.0 Å². The van der Waals surface area contributed by atoms with Gasteiger partial charge in [-0.05, 0) is 0 Å². The SMILES string of the molecule is N=C=N.N=C=N. The van der Waals surface area contributed by atoms with Crippen LogP contribution in [0.1, 0.15) is 0 Å². The number of hydrogen-bond donors (Lipinski definition) is 4. The summed E-state index contributed by atoms with van der Waals surface area (Å²) in [5.41, 5.74) is 0. The summed E-state index contributed by atoms with van der Waals surface area (Å²) in [6, 6.07) is 2.50. The molecule has 0 aromatic heterocycles. The third-order valence-corrected chi connectivity index (χ3v) is 0. The first kappa shape index (κ1) is 8.83. The molecule has 6 heavy (non-hydrogen) atoms. The van der Waals surface area contributed by atoms with Crippen molar-refractivity contribution in [3.8, 4) is 0 Å². The maximum Gasteiger partial charge on any atom is 0.0831 e. The lowest BCUT2D eigenvalue weighted by Gasteiger charge is -1.09. The predicted octanol–water partition coefficient (Wildman–Crippen LogP) is 0.636. The summed E-state index contributed by atoms with van der Waals surface area (Å²) in [4.78, 5) is 0. The van der Waals surface area contributed by atoms with E-state index in [2.05, 4.69) is 0 Å². The normalized spacial score (nSPS) is 2.67. The summed E-state index contributed by atoms with van der Waals surface area (Å²) in [6.45, 7) is 0. The highest BCUT2D eigenvalue weighted by Gasteiger charge is 0.937. The monoisotopic (exact) mass is 84.0 g/mol. The average molecular weight is 84.1 g/mol. The molecular weight excluding hydrogens is 80.0 g/mol. The Kier molecular flexibility index (Phi) is 73.0. The minimum atomic E-state index is 1.25. The summed E-state index contributed by atoms with van der Waals surface area (Å²) in [5.74, 6) is 0. The summed E-state index contributed by atoms with van der Waals surface area (Å²) < 4.78 is 0. The smallest absolute Gasteiger partial charge is 0.0831 e. The van der Waals surface area contributed by atoms with Crippen LogP contribution in [0.15, 0.2) is 0 Å². The molecule has 4 heteroatoms. The molecule has 0 heterocycles. The molecule has 0 rings (SSSR count). The molecule has 0 aliphatic rings. The molecular formula is C2H4N4. The topological polar surface area (TPSA) is 95.4 Å². The van der Waals surface area contributed by atoms with Crippen molar-refractivity contribution in [1.29, 1.82) is 21.6 Å². The summed E-state index contributed by atoms with van der Waals surface area (Å²) in [6.07, 6.45) is 0. The Labute approximate surface area is 34.9 Å². The van der Waals surface area contributed by atoms with Crippen LogP contribution in [-0.4, -0.2) is 12.0 Å². The van der Waals surface area contributed by atoms with Crippen LogP contribution in [0.5, 0.6) is 0 Å². The van der Waals surface area contributed by atoms with Gasteiger partial charge >= 0.3 is 0 Å². The lowest BCUT2D eigenvalue weighted by atomic mass is 11.6. The van der Waals surface area contributed by atoms with E-state index in [0.717, 1.165) is 0 Å². The van der Waals surface area contributed by atoms with Crippen molar-refractivity contribution in [1.82, 2.24) is 0 Å². The molecule has 0 bridgehead atoms. The van der Waals surface area contributed by atoms with Gasteiger partial charge in [0.1, 0.15) is 0 Å². The summed E-state index contributed by atoms with van der Waals surface area (Å²) in [7, 11) is 0. The Morgan fingerprint density at radius 2 is 0.667 bits per heavy atom. The molecule has 0 fully saturated rings. The second-order valence-corrected chi connectivity index (χ2v) is 0.250. The first-order valence-corrected chi connectivity index (χ1v) is 1.00. The number of hydrogen-bond acceptors (Lipinski definition) is 4.